The second-order valence-corrected chi connectivity index (χ2v) is 5.06. The quantitative estimate of drug-likeness (QED) is 0.619. The van der Waals surface area contributed by atoms with Crippen LogP contribution in [-0.2, 0) is 9.59 Å². The maximum Gasteiger partial charge on any atom is 0.323 e. The van der Waals surface area contributed by atoms with Crippen molar-refractivity contribution in [2.24, 2.45) is 0 Å². The second-order valence-electron chi connectivity index (χ2n) is 5.06. The van der Waals surface area contributed by atoms with Crippen LogP contribution in [-0.4, -0.2) is 35.0 Å². The van der Waals surface area contributed by atoms with E-state index in [1.807, 2.05) is 24.3 Å². The molecule has 0 aliphatic heterocycles. The number of amides is 1. The molecule has 0 atom stereocenters. The van der Waals surface area contributed by atoms with E-state index in [9.17, 15) is 9.59 Å². The van der Waals surface area contributed by atoms with Crippen LogP contribution in [0.2, 0.25) is 0 Å². The Morgan fingerprint density at radius 1 is 1.29 bits per heavy atom. The van der Waals surface area contributed by atoms with E-state index in [1.165, 1.54) is 22.6 Å². The highest BCUT2D eigenvalue weighted by Crippen LogP contribution is 2.15. The van der Waals surface area contributed by atoms with E-state index in [2.05, 4.69) is 20.4 Å². The zero-order chi connectivity index (χ0) is 15.8. The summed E-state index contributed by atoms with van der Waals surface area (Å²) in [6.45, 7) is 7.64. The van der Waals surface area contributed by atoms with E-state index in [0.29, 0.717) is 5.92 Å². The Morgan fingerprint density at radius 3 is 2.38 bits per heavy atom. The lowest BCUT2D eigenvalue weighted by Gasteiger charge is -2.16. The molecule has 1 N–H and O–H groups in total. The van der Waals surface area contributed by atoms with Crippen LogP contribution in [0.1, 0.15) is 30.9 Å². The van der Waals surface area contributed by atoms with Gasteiger partial charge in [0.15, 0.2) is 0 Å². The highest BCUT2D eigenvalue weighted by Gasteiger charge is 2.12. The van der Waals surface area contributed by atoms with Gasteiger partial charge in [-0.15, -0.1) is 6.58 Å². The Kier molecular flexibility index (Phi) is 6.40. The van der Waals surface area contributed by atoms with Crippen LogP contribution >= 0.6 is 0 Å². The Bertz CT molecular complexity index is 529. The van der Waals surface area contributed by atoms with Gasteiger partial charge in [0.2, 0.25) is 5.91 Å². The molecular weight excluding hydrogens is 266 g/mol. The molecule has 112 valence electrons. The van der Waals surface area contributed by atoms with Crippen molar-refractivity contribution < 1.29 is 14.7 Å². The van der Waals surface area contributed by atoms with E-state index in [-0.39, 0.29) is 19.0 Å². The number of carboxylic acid groups (broad SMARTS) is 1. The zero-order valence-electron chi connectivity index (χ0n) is 12.5. The maximum atomic E-state index is 11.9. The summed E-state index contributed by atoms with van der Waals surface area (Å²) in [6.07, 6.45) is 4.58. The number of aliphatic carboxylic acids is 1. The highest BCUT2D eigenvalue weighted by atomic mass is 16.4. The Balaban J connectivity index is 2.74. The van der Waals surface area contributed by atoms with Crippen molar-refractivity contribution in [1.29, 1.82) is 0 Å². The first-order valence-corrected chi connectivity index (χ1v) is 6.83. The van der Waals surface area contributed by atoms with Crippen molar-refractivity contribution >= 4 is 18.0 Å². The standard InChI is InChI=1S/C17H21NO3/c1-4-11-18(12-17(20)21)16(19)10-7-14-5-8-15(9-6-14)13(2)3/h4-10,13H,1,11-12H2,2-3H3,(H,20,21). The minimum absolute atomic E-state index is 0.210. The van der Waals surface area contributed by atoms with Crippen molar-refractivity contribution in [3.63, 3.8) is 0 Å². The molecule has 0 saturated carbocycles. The number of carbonyl (C=O) groups is 2. The monoisotopic (exact) mass is 287 g/mol. The summed E-state index contributed by atoms with van der Waals surface area (Å²) in [4.78, 5) is 23.9. The summed E-state index contributed by atoms with van der Waals surface area (Å²) in [7, 11) is 0. The van der Waals surface area contributed by atoms with Crippen LogP contribution < -0.4 is 0 Å². The summed E-state index contributed by atoms with van der Waals surface area (Å²) in [6, 6.07) is 7.92. The third-order valence-corrected chi connectivity index (χ3v) is 3.01. The average molecular weight is 287 g/mol. The minimum Gasteiger partial charge on any atom is -0.480 e. The molecule has 0 aliphatic rings. The largest absolute Gasteiger partial charge is 0.480 e. The van der Waals surface area contributed by atoms with Crippen molar-refractivity contribution in [2.75, 3.05) is 13.1 Å². The number of carboxylic acids is 1. The van der Waals surface area contributed by atoms with E-state index in [0.717, 1.165) is 5.56 Å². The average Bonchev–Trinajstić information content (AvgIpc) is 2.44. The predicted molar refractivity (Wildman–Crippen MR) is 84.0 cm³/mol. The SMILES string of the molecule is C=CCN(CC(=O)O)C(=O)C=Cc1ccc(C(C)C)cc1. The van der Waals surface area contributed by atoms with E-state index in [4.69, 9.17) is 5.11 Å². The second kappa shape index (κ2) is 8.04. The number of rotatable bonds is 7. The van der Waals surface area contributed by atoms with Crippen LogP contribution in [0, 0.1) is 0 Å². The van der Waals surface area contributed by atoms with Crippen LogP contribution in [0.3, 0.4) is 0 Å². The molecule has 1 amide bonds. The minimum atomic E-state index is -1.04. The Morgan fingerprint density at radius 2 is 1.90 bits per heavy atom. The molecule has 0 aliphatic carbocycles. The van der Waals surface area contributed by atoms with Gasteiger partial charge in [-0.1, -0.05) is 44.2 Å². The summed E-state index contributed by atoms with van der Waals surface area (Å²) in [5, 5.41) is 8.77. The van der Waals surface area contributed by atoms with Crippen LogP contribution in [0.4, 0.5) is 0 Å². The first kappa shape index (κ1) is 16.7. The van der Waals surface area contributed by atoms with Crippen LogP contribution in [0.25, 0.3) is 6.08 Å². The fourth-order valence-electron chi connectivity index (χ4n) is 1.82. The van der Waals surface area contributed by atoms with Gasteiger partial charge in [-0.05, 0) is 23.1 Å². The van der Waals surface area contributed by atoms with E-state index in [1.54, 1.807) is 6.08 Å². The molecule has 0 spiro atoms. The molecule has 0 heterocycles. The molecule has 1 aromatic carbocycles. The molecule has 0 aromatic heterocycles. The summed E-state index contributed by atoms with van der Waals surface area (Å²) < 4.78 is 0. The normalized spacial score (nSPS) is 10.8. The van der Waals surface area contributed by atoms with Crippen LogP contribution in [0.15, 0.2) is 43.0 Å². The molecule has 0 bridgehead atoms. The Labute approximate surface area is 125 Å². The molecule has 0 fully saturated rings. The highest BCUT2D eigenvalue weighted by molar-refractivity contribution is 5.93. The molecule has 1 rings (SSSR count). The molecule has 4 heteroatoms. The molecule has 1 aromatic rings. The van der Waals surface area contributed by atoms with Crippen molar-refractivity contribution in [3.05, 3.63) is 54.1 Å². The fraction of sp³-hybridized carbons (Fsp3) is 0.294. The topological polar surface area (TPSA) is 57.6 Å². The fourth-order valence-corrected chi connectivity index (χ4v) is 1.82. The lowest BCUT2D eigenvalue weighted by atomic mass is 10.0. The molecule has 21 heavy (non-hydrogen) atoms. The maximum absolute atomic E-state index is 11.9. The van der Waals surface area contributed by atoms with Gasteiger partial charge in [0, 0.05) is 12.6 Å². The van der Waals surface area contributed by atoms with Crippen molar-refractivity contribution in [2.45, 2.75) is 19.8 Å². The predicted octanol–water partition coefficient (Wildman–Crippen LogP) is 2.92. The van der Waals surface area contributed by atoms with Gasteiger partial charge >= 0.3 is 5.97 Å². The van der Waals surface area contributed by atoms with Crippen molar-refractivity contribution in [1.82, 2.24) is 4.90 Å². The number of hydrogen-bond acceptors (Lipinski definition) is 2. The molecule has 0 saturated heterocycles. The zero-order valence-corrected chi connectivity index (χ0v) is 12.5. The summed E-state index contributed by atoms with van der Waals surface area (Å²) in [5.41, 5.74) is 2.14. The molecule has 0 unspecified atom stereocenters. The third kappa shape index (κ3) is 5.65. The van der Waals surface area contributed by atoms with Gasteiger partial charge in [-0.25, -0.2) is 0 Å². The van der Waals surface area contributed by atoms with Crippen molar-refractivity contribution in [3.8, 4) is 0 Å². The van der Waals surface area contributed by atoms with Gasteiger partial charge in [-0.3, -0.25) is 9.59 Å². The molecule has 0 radical (unpaired) electrons. The lowest BCUT2D eigenvalue weighted by Crippen LogP contribution is -2.34. The number of nitrogens with zero attached hydrogens (tertiary/aromatic N) is 1. The van der Waals surface area contributed by atoms with Gasteiger partial charge in [0.05, 0.1) is 0 Å². The first-order chi connectivity index (χ1) is 9.93. The molecule has 4 nitrogen and oxygen atoms in total. The lowest BCUT2D eigenvalue weighted by molar-refractivity contribution is -0.142. The smallest absolute Gasteiger partial charge is 0.323 e. The van der Waals surface area contributed by atoms with Gasteiger partial charge in [-0.2, -0.15) is 0 Å². The number of benzene rings is 1. The summed E-state index contributed by atoms with van der Waals surface area (Å²) >= 11 is 0. The van der Waals surface area contributed by atoms with E-state index < -0.39 is 5.97 Å². The number of hydrogen-bond donors (Lipinski definition) is 1. The van der Waals surface area contributed by atoms with Gasteiger partial charge in [0.1, 0.15) is 6.54 Å². The summed E-state index contributed by atoms with van der Waals surface area (Å²) in [5.74, 6) is -0.923. The van der Waals surface area contributed by atoms with E-state index >= 15 is 0 Å². The van der Waals surface area contributed by atoms with Gasteiger partial charge in [0.25, 0.3) is 0 Å². The first-order valence-electron chi connectivity index (χ1n) is 6.83. The molecular formula is C17H21NO3. The number of carbonyl (C=O) groups excluding carboxylic acids is 1. The Hall–Kier alpha value is -2.36. The third-order valence-electron chi connectivity index (χ3n) is 3.01. The van der Waals surface area contributed by atoms with Gasteiger partial charge < -0.3 is 10.0 Å². The van der Waals surface area contributed by atoms with Crippen LogP contribution in [0.5, 0.6) is 0 Å².